The van der Waals surface area contributed by atoms with Crippen LogP contribution in [0.1, 0.15) is 41.5 Å². The number of pyridine rings is 3. The van der Waals surface area contributed by atoms with Gasteiger partial charge in [-0.3, -0.25) is 19.5 Å². The highest BCUT2D eigenvalue weighted by atomic mass is 35.5. The molecule has 22 heteroatoms. The van der Waals surface area contributed by atoms with Crippen LogP contribution in [0.3, 0.4) is 0 Å². The number of aromatic amines is 1. The van der Waals surface area contributed by atoms with E-state index in [1.165, 1.54) is 0 Å². The molecule has 76 heavy (non-hydrogen) atoms. The molecular formula is C54H71Cl6N9O7. The van der Waals surface area contributed by atoms with Crippen molar-refractivity contribution in [2.45, 2.75) is 59.7 Å². The SMILES string of the molecule is CC(C)N.CC(C)Nc1cc(=O)c2ccc(OCCN3CCOCC3)c(Cl)c2[nH]1.CC(C)Nc1cc(Cl)c2ccc(OCCN3CCOCC3)c(Cl)c2n1.Clc1cc(Cl)c2ccc(OCCN3CCOCC3)c(Cl)c2n1. The molecule has 9 rings (SSSR count). The molecule has 5 N–H and O–H groups in total. The Hall–Kier alpha value is -3.85. The summed E-state index contributed by atoms with van der Waals surface area (Å²) in [5, 5.41) is 11.4. The molecule has 3 aromatic heterocycles. The normalized spacial score (nSPS) is 15.5. The number of fused-ring (bicyclic) bond motifs is 3. The quantitative estimate of drug-likeness (QED) is 0.0674. The topological polar surface area (TPSA) is 174 Å². The number of aromatic nitrogens is 3. The smallest absolute Gasteiger partial charge is 0.191 e. The summed E-state index contributed by atoms with van der Waals surface area (Å²) in [6.07, 6.45) is 0. The number of H-pyrrole nitrogens is 1. The van der Waals surface area contributed by atoms with Gasteiger partial charge in [0, 0.05) is 93.2 Å². The fraction of sp³-hybridized carbons (Fsp3) is 0.500. The zero-order valence-electron chi connectivity index (χ0n) is 44.1. The Balaban J connectivity index is 0.000000179. The minimum absolute atomic E-state index is 0.0707. The molecular weight excluding hydrogens is 1100 g/mol. The molecule has 3 saturated heterocycles. The summed E-state index contributed by atoms with van der Waals surface area (Å²) < 4.78 is 33.5. The number of benzene rings is 3. The second kappa shape index (κ2) is 31.1. The minimum Gasteiger partial charge on any atom is -0.491 e. The molecule has 0 amide bonds. The third-order valence-electron chi connectivity index (χ3n) is 11.7. The summed E-state index contributed by atoms with van der Waals surface area (Å²) in [6, 6.07) is 16.7. The van der Waals surface area contributed by atoms with Crippen molar-refractivity contribution < 1.29 is 28.4 Å². The lowest BCUT2D eigenvalue weighted by molar-refractivity contribution is 0.0322. The molecule has 0 saturated carbocycles. The third kappa shape index (κ3) is 18.9. The van der Waals surface area contributed by atoms with E-state index in [9.17, 15) is 4.79 Å². The van der Waals surface area contributed by atoms with Crippen LogP contribution in [0, 0.1) is 0 Å². The summed E-state index contributed by atoms with van der Waals surface area (Å²) in [5.74, 6) is 3.17. The predicted octanol–water partition coefficient (Wildman–Crippen LogP) is 11.0. The molecule has 0 aliphatic carbocycles. The van der Waals surface area contributed by atoms with Gasteiger partial charge in [-0.25, -0.2) is 9.97 Å². The van der Waals surface area contributed by atoms with E-state index in [0.717, 1.165) is 109 Å². The Morgan fingerprint density at radius 3 is 1.39 bits per heavy atom. The first-order valence-corrected chi connectivity index (χ1v) is 27.9. The number of nitrogens with two attached hydrogens (primary N) is 1. The zero-order valence-corrected chi connectivity index (χ0v) is 48.6. The summed E-state index contributed by atoms with van der Waals surface area (Å²) in [6.45, 7) is 26.4. The summed E-state index contributed by atoms with van der Waals surface area (Å²) >= 11 is 37.9. The Morgan fingerprint density at radius 1 is 0.566 bits per heavy atom. The summed E-state index contributed by atoms with van der Waals surface area (Å²) in [4.78, 5) is 31.2. The molecule has 0 bridgehead atoms. The first-order valence-electron chi connectivity index (χ1n) is 25.6. The fourth-order valence-electron chi connectivity index (χ4n) is 8.05. The molecule has 0 atom stereocenters. The van der Waals surface area contributed by atoms with Gasteiger partial charge in [0.25, 0.3) is 0 Å². The van der Waals surface area contributed by atoms with Gasteiger partial charge in [0.15, 0.2) is 5.43 Å². The first-order chi connectivity index (χ1) is 36.5. The number of hydrogen-bond acceptors (Lipinski definition) is 15. The average molecular weight is 1170 g/mol. The van der Waals surface area contributed by atoms with E-state index < -0.39 is 0 Å². The monoisotopic (exact) mass is 1170 g/mol. The van der Waals surface area contributed by atoms with Crippen LogP contribution in [0.5, 0.6) is 17.2 Å². The molecule has 6 heterocycles. The van der Waals surface area contributed by atoms with Gasteiger partial charge in [-0.1, -0.05) is 83.5 Å². The molecule has 3 aliphatic rings. The van der Waals surface area contributed by atoms with Crippen LogP contribution in [0.2, 0.25) is 30.3 Å². The largest absolute Gasteiger partial charge is 0.491 e. The van der Waals surface area contributed by atoms with E-state index in [1.807, 2.05) is 71.9 Å². The van der Waals surface area contributed by atoms with Gasteiger partial charge >= 0.3 is 0 Å². The highest BCUT2D eigenvalue weighted by molar-refractivity contribution is 6.42. The van der Waals surface area contributed by atoms with Gasteiger partial charge in [0.2, 0.25) is 0 Å². The first kappa shape index (κ1) is 61.4. The van der Waals surface area contributed by atoms with Crippen molar-refractivity contribution in [2.75, 3.05) is 129 Å². The van der Waals surface area contributed by atoms with Crippen LogP contribution in [0.25, 0.3) is 32.7 Å². The van der Waals surface area contributed by atoms with E-state index in [2.05, 4.69) is 40.3 Å². The highest BCUT2D eigenvalue weighted by Crippen LogP contribution is 2.38. The van der Waals surface area contributed by atoms with Gasteiger partial charge in [-0.15, -0.1) is 0 Å². The van der Waals surface area contributed by atoms with Gasteiger partial charge in [0.1, 0.15) is 68.9 Å². The molecule has 0 radical (unpaired) electrons. The molecule has 0 unspecified atom stereocenters. The minimum atomic E-state index is -0.0707. The summed E-state index contributed by atoms with van der Waals surface area (Å²) in [7, 11) is 0. The highest BCUT2D eigenvalue weighted by Gasteiger charge is 2.18. The van der Waals surface area contributed by atoms with Crippen molar-refractivity contribution in [3.05, 3.63) is 95.1 Å². The number of rotatable bonds is 16. The molecule has 6 aromatic rings. The van der Waals surface area contributed by atoms with E-state index in [0.29, 0.717) is 107 Å². The zero-order chi connectivity index (χ0) is 54.7. The van der Waals surface area contributed by atoms with E-state index in [-0.39, 0.29) is 17.5 Å². The number of hydrogen-bond donors (Lipinski definition) is 4. The maximum atomic E-state index is 12.3. The Morgan fingerprint density at radius 2 is 0.961 bits per heavy atom. The fourth-order valence-corrected chi connectivity index (χ4v) is 9.60. The van der Waals surface area contributed by atoms with Crippen LogP contribution < -0.4 is 36.0 Å². The molecule has 0 spiro atoms. The molecule has 3 fully saturated rings. The number of ether oxygens (including phenoxy) is 6. The standard InChI is InChI=1S/C18H23Cl2N3O2.C18H24ClN3O3.C15H15Cl3N2O2.C3H9N/c1-12(2)21-16-11-14(19)13-3-4-15(17(20)18(13)22-16)25-10-7-23-5-8-24-9-6-23;1-12(2)20-16-11-14(23)13-3-4-15(17(19)18(13)21-16)25-10-7-22-5-8-24-9-6-22;16-11-9-13(17)19-15-10(11)1-2-12(14(15)18)22-8-5-20-3-6-21-7-4-20;1-3(2)4/h3-4,11-12H,5-10H2,1-2H3,(H,21,22);3-4,11-12H,5-10H2,1-2H3,(H2,20,21,23);1-2,9H,3-8H2;3H,4H2,1-2H3. The van der Waals surface area contributed by atoms with Crippen LogP contribution in [-0.4, -0.2) is 166 Å². The Labute approximate surface area is 475 Å². The molecule has 3 aromatic carbocycles. The second-order valence-electron chi connectivity index (χ2n) is 19.1. The van der Waals surface area contributed by atoms with Gasteiger partial charge in [-0.05, 0) is 82.3 Å². The number of anilines is 2. The van der Waals surface area contributed by atoms with E-state index >= 15 is 0 Å². The molecule has 3 aliphatic heterocycles. The van der Waals surface area contributed by atoms with Crippen LogP contribution in [-0.2, 0) is 14.2 Å². The van der Waals surface area contributed by atoms with Crippen molar-refractivity contribution >= 4 is 114 Å². The van der Waals surface area contributed by atoms with Crippen LogP contribution in [0.4, 0.5) is 11.6 Å². The number of nitrogens with one attached hydrogen (secondary N) is 3. The van der Waals surface area contributed by atoms with Crippen molar-refractivity contribution in [3.8, 4) is 17.2 Å². The average Bonchev–Trinajstić information content (AvgIpc) is 3.38. The number of nitrogens with zero attached hydrogens (tertiary/aromatic N) is 5. The Kier molecular flexibility index (Phi) is 25.1. The lowest BCUT2D eigenvalue weighted by Gasteiger charge is -2.26. The van der Waals surface area contributed by atoms with Crippen LogP contribution >= 0.6 is 69.6 Å². The van der Waals surface area contributed by atoms with Crippen LogP contribution in [0.15, 0.2) is 59.4 Å². The van der Waals surface area contributed by atoms with Crippen molar-refractivity contribution in [2.24, 2.45) is 5.73 Å². The summed E-state index contributed by atoms with van der Waals surface area (Å²) in [5.41, 5.74) is 6.85. The third-order valence-corrected chi connectivity index (χ3v) is 13.7. The van der Waals surface area contributed by atoms with Gasteiger partial charge in [-0.2, -0.15) is 0 Å². The lowest BCUT2D eigenvalue weighted by Crippen LogP contribution is -2.38. The molecule has 16 nitrogen and oxygen atoms in total. The van der Waals surface area contributed by atoms with Crippen molar-refractivity contribution in [1.29, 1.82) is 0 Å². The molecule has 416 valence electrons. The Bertz CT molecular complexity index is 2840. The van der Waals surface area contributed by atoms with E-state index in [1.54, 1.807) is 24.3 Å². The maximum Gasteiger partial charge on any atom is 0.191 e. The van der Waals surface area contributed by atoms with Gasteiger partial charge < -0.3 is 49.8 Å². The number of halogens is 6. The maximum absolute atomic E-state index is 12.3. The van der Waals surface area contributed by atoms with Gasteiger partial charge in [0.05, 0.1) is 66.2 Å². The predicted molar refractivity (Wildman–Crippen MR) is 313 cm³/mol. The second-order valence-corrected chi connectivity index (χ2v) is 21.4. The van der Waals surface area contributed by atoms with Crippen molar-refractivity contribution in [3.63, 3.8) is 0 Å². The number of morpholine rings is 3. The van der Waals surface area contributed by atoms with E-state index in [4.69, 9.17) is 104 Å². The van der Waals surface area contributed by atoms with Crippen molar-refractivity contribution in [1.82, 2.24) is 29.7 Å². The lowest BCUT2D eigenvalue weighted by atomic mass is 10.2.